The molecule has 5 N–H and O–H groups in total. The summed E-state index contributed by atoms with van der Waals surface area (Å²) in [4.78, 5) is 12.2. The van der Waals surface area contributed by atoms with E-state index in [2.05, 4.69) is 0 Å². The Labute approximate surface area is 183 Å². The monoisotopic (exact) mass is 442 g/mol. The highest BCUT2D eigenvalue weighted by atomic mass is 16.6. The van der Waals surface area contributed by atoms with Crippen LogP contribution in [0, 0.1) is 22.7 Å². The molecule has 3 rings (SSSR count). The summed E-state index contributed by atoms with van der Waals surface area (Å²) >= 11 is 0. The number of aliphatic hydroxyl groups excluding tert-OH is 4. The quantitative estimate of drug-likeness (QED) is 0.307. The van der Waals surface area contributed by atoms with Gasteiger partial charge >= 0.3 is 5.97 Å². The van der Waals surface area contributed by atoms with Gasteiger partial charge in [0.2, 0.25) is 0 Å². The van der Waals surface area contributed by atoms with Crippen molar-refractivity contribution in [1.29, 1.82) is 0 Å². The van der Waals surface area contributed by atoms with E-state index in [0.717, 1.165) is 5.57 Å². The molecule has 3 aliphatic rings. The van der Waals surface area contributed by atoms with E-state index in [1.807, 2.05) is 26.8 Å². The van der Waals surface area contributed by atoms with Gasteiger partial charge in [-0.1, -0.05) is 26.8 Å². The number of allylic oxidation sites excluding steroid dienone is 1. The van der Waals surface area contributed by atoms with E-state index in [1.54, 1.807) is 6.92 Å². The Hall–Kier alpha value is -1.03. The number of carbonyl (C=O) groups is 1. The number of carbonyl (C=O) groups excluding carboxylic acids is 1. The SMILES string of the molecule is CC(=O)OC(C1C[C@H](O)C(C)=CC1(C)C)C1[C@](C)([C@H](O)[C@@H](C)O)[C@@H](O)C[C@H]2OC[C@@]12O. The van der Waals surface area contributed by atoms with Crippen LogP contribution < -0.4 is 0 Å². The van der Waals surface area contributed by atoms with E-state index in [4.69, 9.17) is 9.47 Å². The standard InChI is InChI=1S/C23H38O8/c1-11-9-21(4,5)14(7-15(11)26)18(31-13(3)25)19-22(6,20(28)12(2)24)16(27)8-17-23(19,29)10-30-17/h9,12,14-20,24,26-29H,7-8,10H2,1-6H3/t12-,14?,15+,16+,17-,18?,19?,20-,22-,23+/m1/s1. The molecule has 0 radical (unpaired) electrons. The summed E-state index contributed by atoms with van der Waals surface area (Å²) in [6, 6.07) is 0. The molecule has 31 heavy (non-hydrogen) atoms. The van der Waals surface area contributed by atoms with Crippen molar-refractivity contribution in [3.63, 3.8) is 0 Å². The number of rotatable bonds is 5. The lowest BCUT2D eigenvalue weighted by atomic mass is 9.49. The highest BCUT2D eigenvalue weighted by Crippen LogP contribution is 2.59. The van der Waals surface area contributed by atoms with Gasteiger partial charge in [0.05, 0.1) is 37.1 Å². The lowest BCUT2D eigenvalue weighted by Gasteiger charge is -2.65. The molecule has 0 spiro atoms. The zero-order chi connectivity index (χ0) is 23.5. The zero-order valence-electron chi connectivity index (χ0n) is 19.3. The van der Waals surface area contributed by atoms with Crippen molar-refractivity contribution in [3.8, 4) is 0 Å². The Kier molecular flexibility index (Phi) is 6.41. The fraction of sp³-hybridized carbons (Fsp3) is 0.870. The molecule has 8 nitrogen and oxygen atoms in total. The van der Waals surface area contributed by atoms with E-state index < -0.39 is 70.9 Å². The van der Waals surface area contributed by atoms with E-state index >= 15 is 0 Å². The van der Waals surface area contributed by atoms with E-state index in [-0.39, 0.29) is 13.0 Å². The number of hydrogen-bond acceptors (Lipinski definition) is 8. The van der Waals surface area contributed by atoms with E-state index in [1.165, 1.54) is 13.8 Å². The first-order valence-corrected chi connectivity index (χ1v) is 11.1. The van der Waals surface area contributed by atoms with Crippen LogP contribution in [0.3, 0.4) is 0 Å². The lowest BCUT2D eigenvalue weighted by Crippen LogP contribution is -2.77. The molecule has 1 aliphatic heterocycles. The normalized spacial score (nSPS) is 44.9. The fourth-order valence-corrected chi connectivity index (χ4v) is 6.33. The number of ether oxygens (including phenoxy) is 2. The molecule has 2 aliphatic carbocycles. The summed E-state index contributed by atoms with van der Waals surface area (Å²) in [6.45, 7) is 10.1. The average Bonchev–Trinajstić information content (AvgIpc) is 2.64. The molecule has 3 unspecified atom stereocenters. The highest BCUT2D eigenvalue weighted by molar-refractivity contribution is 5.66. The third-order valence-corrected chi connectivity index (χ3v) is 8.12. The van der Waals surface area contributed by atoms with Crippen molar-refractivity contribution < 1.29 is 39.8 Å². The molecular formula is C23H38O8. The van der Waals surface area contributed by atoms with Crippen LogP contribution >= 0.6 is 0 Å². The van der Waals surface area contributed by atoms with Gasteiger partial charge in [0.15, 0.2) is 0 Å². The first-order valence-electron chi connectivity index (χ1n) is 11.1. The van der Waals surface area contributed by atoms with E-state index in [9.17, 15) is 30.3 Å². The first kappa shape index (κ1) is 24.6. The van der Waals surface area contributed by atoms with Gasteiger partial charge < -0.3 is 35.0 Å². The smallest absolute Gasteiger partial charge is 0.302 e. The molecule has 10 atom stereocenters. The molecule has 178 valence electrons. The van der Waals surface area contributed by atoms with Crippen molar-refractivity contribution in [2.75, 3.05) is 6.61 Å². The molecule has 0 aromatic carbocycles. The minimum Gasteiger partial charge on any atom is -0.462 e. The molecule has 0 aromatic heterocycles. The second kappa shape index (κ2) is 8.08. The molecule has 1 heterocycles. The molecule has 0 bridgehead atoms. The topological polar surface area (TPSA) is 137 Å². The summed E-state index contributed by atoms with van der Waals surface area (Å²) in [6.07, 6.45) is -3.69. The Morgan fingerprint density at radius 1 is 1.23 bits per heavy atom. The first-order chi connectivity index (χ1) is 14.2. The maximum atomic E-state index is 12.2. The molecule has 8 heteroatoms. The number of aliphatic hydroxyl groups is 5. The lowest BCUT2D eigenvalue weighted by molar-refractivity contribution is -0.350. The Balaban J connectivity index is 2.17. The fourth-order valence-electron chi connectivity index (χ4n) is 6.33. The second-order valence-electron chi connectivity index (χ2n) is 10.7. The summed E-state index contributed by atoms with van der Waals surface area (Å²) in [7, 11) is 0. The van der Waals surface area contributed by atoms with Crippen LogP contribution in [-0.2, 0) is 14.3 Å². The van der Waals surface area contributed by atoms with E-state index in [0.29, 0.717) is 6.42 Å². The average molecular weight is 443 g/mol. The Morgan fingerprint density at radius 2 is 1.84 bits per heavy atom. The van der Waals surface area contributed by atoms with Crippen molar-refractivity contribution >= 4 is 5.97 Å². The summed E-state index contributed by atoms with van der Waals surface area (Å²) in [5.74, 6) is -1.90. The predicted molar refractivity (Wildman–Crippen MR) is 112 cm³/mol. The highest BCUT2D eigenvalue weighted by Gasteiger charge is 2.70. The molecule has 1 saturated heterocycles. The van der Waals surface area contributed by atoms with Gasteiger partial charge in [-0.15, -0.1) is 0 Å². The largest absolute Gasteiger partial charge is 0.462 e. The van der Waals surface area contributed by atoms with Gasteiger partial charge in [0, 0.05) is 30.6 Å². The summed E-state index contributed by atoms with van der Waals surface area (Å²) < 4.78 is 11.4. The van der Waals surface area contributed by atoms with Crippen molar-refractivity contribution in [2.45, 2.75) is 96.6 Å². The molecular weight excluding hydrogens is 404 g/mol. The summed E-state index contributed by atoms with van der Waals surface area (Å²) in [5, 5.41) is 54.7. The van der Waals surface area contributed by atoms with Crippen LogP contribution in [0.1, 0.15) is 54.4 Å². The van der Waals surface area contributed by atoms with Crippen LogP contribution in [0.25, 0.3) is 0 Å². The third kappa shape index (κ3) is 3.85. The Bertz CT molecular complexity index is 733. The van der Waals surface area contributed by atoms with Gasteiger partial charge in [-0.05, 0) is 31.3 Å². The number of hydrogen-bond donors (Lipinski definition) is 5. The molecule has 0 amide bonds. The third-order valence-electron chi connectivity index (χ3n) is 8.12. The second-order valence-corrected chi connectivity index (χ2v) is 10.7. The van der Waals surface area contributed by atoms with Gasteiger partial charge in [-0.25, -0.2) is 0 Å². The van der Waals surface area contributed by atoms with Gasteiger partial charge in [0.25, 0.3) is 0 Å². The van der Waals surface area contributed by atoms with Crippen LogP contribution in [-0.4, -0.2) is 80.3 Å². The maximum Gasteiger partial charge on any atom is 0.302 e. The number of fused-ring (bicyclic) bond motifs is 1. The van der Waals surface area contributed by atoms with Gasteiger partial charge in [-0.2, -0.15) is 0 Å². The van der Waals surface area contributed by atoms with Crippen LogP contribution in [0.4, 0.5) is 0 Å². The molecule has 2 fully saturated rings. The minimum absolute atomic E-state index is 0.0283. The Morgan fingerprint density at radius 3 is 2.32 bits per heavy atom. The van der Waals surface area contributed by atoms with Crippen molar-refractivity contribution in [1.82, 2.24) is 0 Å². The van der Waals surface area contributed by atoms with Crippen LogP contribution in [0.2, 0.25) is 0 Å². The van der Waals surface area contributed by atoms with Gasteiger partial charge in [0.1, 0.15) is 11.7 Å². The predicted octanol–water partition coefficient (Wildman–Crippen LogP) is 0.530. The van der Waals surface area contributed by atoms with Crippen molar-refractivity contribution in [3.05, 3.63) is 11.6 Å². The van der Waals surface area contributed by atoms with Crippen LogP contribution in [0.15, 0.2) is 11.6 Å². The summed E-state index contributed by atoms with van der Waals surface area (Å²) in [5.41, 5.74) is -2.53. The molecule has 0 aromatic rings. The van der Waals surface area contributed by atoms with Gasteiger partial charge in [-0.3, -0.25) is 4.79 Å². The maximum absolute atomic E-state index is 12.2. The number of esters is 1. The molecule has 1 saturated carbocycles. The zero-order valence-corrected chi connectivity index (χ0v) is 19.3. The minimum atomic E-state index is -1.46. The van der Waals surface area contributed by atoms with Crippen LogP contribution in [0.5, 0.6) is 0 Å². The van der Waals surface area contributed by atoms with Crippen molar-refractivity contribution in [2.24, 2.45) is 22.7 Å².